The topological polar surface area (TPSA) is 91.2 Å². The van der Waals surface area contributed by atoms with E-state index in [4.69, 9.17) is 0 Å². The fourth-order valence-corrected chi connectivity index (χ4v) is 4.22. The van der Waals surface area contributed by atoms with Gasteiger partial charge in [0.15, 0.2) is 5.69 Å². The van der Waals surface area contributed by atoms with Crippen molar-refractivity contribution >= 4 is 33.4 Å². The molecular formula is C19H21N5O2S. The minimum absolute atomic E-state index is 0.0203. The van der Waals surface area contributed by atoms with Crippen LogP contribution in [0.2, 0.25) is 0 Å². The number of aromatic nitrogens is 3. The van der Waals surface area contributed by atoms with Gasteiger partial charge in [0.25, 0.3) is 5.91 Å². The van der Waals surface area contributed by atoms with E-state index in [1.54, 1.807) is 17.3 Å². The zero-order chi connectivity index (χ0) is 18.8. The molecule has 0 radical (unpaired) electrons. The molecule has 2 N–H and O–H groups in total. The number of hydrogen-bond acceptors (Lipinski definition) is 7. The summed E-state index contributed by atoms with van der Waals surface area (Å²) in [6.07, 6.45) is 5.25. The Morgan fingerprint density at radius 1 is 1.44 bits per heavy atom. The first-order chi connectivity index (χ1) is 13.2. The van der Waals surface area contributed by atoms with E-state index in [1.165, 1.54) is 11.3 Å². The third-order valence-electron chi connectivity index (χ3n) is 4.88. The molecule has 0 saturated carbocycles. The summed E-state index contributed by atoms with van der Waals surface area (Å²) in [6.45, 7) is 2.63. The summed E-state index contributed by atoms with van der Waals surface area (Å²) in [6, 6.07) is 5.58. The molecule has 4 heterocycles. The number of nitrogens with zero attached hydrogens (tertiary/aromatic N) is 4. The number of carbonyl (C=O) groups is 1. The molecule has 0 spiro atoms. The van der Waals surface area contributed by atoms with Crippen LogP contribution in [0, 0.1) is 0 Å². The SMILES string of the molecule is C[C@H](Nc1nc(C(=O)N2CCC[C@H]2CO)c2sccc2n1)c1cccnc1. The van der Waals surface area contributed by atoms with Crippen molar-refractivity contribution in [3.63, 3.8) is 0 Å². The zero-order valence-electron chi connectivity index (χ0n) is 15.0. The number of amides is 1. The molecule has 140 valence electrons. The molecule has 3 aromatic heterocycles. The fourth-order valence-electron chi connectivity index (χ4n) is 3.41. The number of carbonyl (C=O) groups excluding carboxylic acids is 1. The summed E-state index contributed by atoms with van der Waals surface area (Å²) in [5, 5.41) is 14.8. The Kier molecular flexibility index (Phi) is 5.00. The van der Waals surface area contributed by atoms with Gasteiger partial charge in [0.05, 0.1) is 28.9 Å². The monoisotopic (exact) mass is 383 g/mol. The Morgan fingerprint density at radius 3 is 3.11 bits per heavy atom. The summed E-state index contributed by atoms with van der Waals surface area (Å²) in [5.74, 6) is 0.277. The highest BCUT2D eigenvalue weighted by Gasteiger charge is 2.31. The number of anilines is 1. The first-order valence-corrected chi connectivity index (χ1v) is 9.89. The highest BCUT2D eigenvalue weighted by molar-refractivity contribution is 7.17. The molecular weight excluding hydrogens is 362 g/mol. The second kappa shape index (κ2) is 7.58. The van der Waals surface area contributed by atoms with Crippen molar-refractivity contribution in [3.8, 4) is 0 Å². The molecule has 4 rings (SSSR count). The second-order valence-electron chi connectivity index (χ2n) is 6.66. The maximum atomic E-state index is 13.1. The van der Waals surface area contributed by atoms with Crippen molar-refractivity contribution in [2.24, 2.45) is 0 Å². The number of hydrogen-bond donors (Lipinski definition) is 2. The molecule has 1 aliphatic rings. The van der Waals surface area contributed by atoms with E-state index in [9.17, 15) is 9.90 Å². The van der Waals surface area contributed by atoms with E-state index >= 15 is 0 Å². The van der Waals surface area contributed by atoms with Gasteiger partial charge in [-0.3, -0.25) is 9.78 Å². The van der Waals surface area contributed by atoms with Gasteiger partial charge in [-0.1, -0.05) is 6.07 Å². The highest BCUT2D eigenvalue weighted by Crippen LogP contribution is 2.28. The standard InChI is InChI=1S/C19H21N5O2S/c1-12(13-4-2-7-20-10-13)21-19-22-15-6-9-27-17(15)16(23-19)18(26)24-8-3-5-14(24)11-25/h2,4,6-7,9-10,12,14,25H,3,5,8,11H2,1H3,(H,21,22,23)/t12-,14-/m0/s1. The Labute approximate surface area is 161 Å². The van der Waals surface area contributed by atoms with Gasteiger partial charge in [0.1, 0.15) is 0 Å². The van der Waals surface area contributed by atoms with Crippen LogP contribution in [-0.2, 0) is 0 Å². The minimum atomic E-state index is -0.140. The predicted molar refractivity (Wildman–Crippen MR) is 105 cm³/mol. The van der Waals surface area contributed by atoms with Crippen molar-refractivity contribution in [1.29, 1.82) is 0 Å². The molecule has 8 heteroatoms. The number of thiophene rings is 1. The van der Waals surface area contributed by atoms with Gasteiger partial charge in [-0.15, -0.1) is 11.3 Å². The van der Waals surface area contributed by atoms with Crippen LogP contribution in [-0.4, -0.2) is 50.1 Å². The van der Waals surface area contributed by atoms with Gasteiger partial charge in [0.2, 0.25) is 5.95 Å². The maximum Gasteiger partial charge on any atom is 0.274 e. The smallest absolute Gasteiger partial charge is 0.274 e. The lowest BCUT2D eigenvalue weighted by Crippen LogP contribution is -2.38. The molecule has 1 saturated heterocycles. The van der Waals surface area contributed by atoms with Crippen LogP contribution in [0.3, 0.4) is 0 Å². The van der Waals surface area contributed by atoms with Gasteiger partial charge in [-0.2, -0.15) is 0 Å². The lowest BCUT2D eigenvalue weighted by atomic mass is 10.1. The van der Waals surface area contributed by atoms with Crippen molar-refractivity contribution in [2.75, 3.05) is 18.5 Å². The van der Waals surface area contributed by atoms with Gasteiger partial charge >= 0.3 is 0 Å². The van der Waals surface area contributed by atoms with E-state index in [1.807, 2.05) is 30.5 Å². The zero-order valence-corrected chi connectivity index (χ0v) is 15.8. The Bertz CT molecular complexity index is 946. The average Bonchev–Trinajstić information content (AvgIpc) is 3.36. The summed E-state index contributed by atoms with van der Waals surface area (Å²) in [5.41, 5.74) is 2.16. The Hall–Kier alpha value is -2.58. The summed E-state index contributed by atoms with van der Waals surface area (Å²) >= 11 is 1.46. The molecule has 1 aliphatic heterocycles. The number of fused-ring (bicyclic) bond motifs is 1. The van der Waals surface area contributed by atoms with E-state index in [0.717, 1.165) is 28.6 Å². The number of aliphatic hydroxyl groups is 1. The molecule has 0 unspecified atom stereocenters. The van der Waals surface area contributed by atoms with Crippen LogP contribution >= 0.6 is 11.3 Å². The van der Waals surface area contributed by atoms with Gasteiger partial charge in [0, 0.05) is 18.9 Å². The number of pyridine rings is 1. The molecule has 1 fully saturated rings. The van der Waals surface area contributed by atoms with Crippen LogP contribution in [0.25, 0.3) is 10.2 Å². The van der Waals surface area contributed by atoms with Crippen LogP contribution in [0.1, 0.15) is 41.9 Å². The van der Waals surface area contributed by atoms with Crippen LogP contribution in [0.5, 0.6) is 0 Å². The van der Waals surface area contributed by atoms with Crippen molar-refractivity contribution in [3.05, 3.63) is 47.2 Å². The Balaban J connectivity index is 1.67. The highest BCUT2D eigenvalue weighted by atomic mass is 32.1. The molecule has 27 heavy (non-hydrogen) atoms. The molecule has 0 bridgehead atoms. The van der Waals surface area contributed by atoms with E-state index in [0.29, 0.717) is 18.2 Å². The summed E-state index contributed by atoms with van der Waals surface area (Å²) in [4.78, 5) is 28.1. The van der Waals surface area contributed by atoms with Crippen LogP contribution in [0.15, 0.2) is 36.0 Å². The van der Waals surface area contributed by atoms with Crippen molar-refractivity contribution in [1.82, 2.24) is 19.9 Å². The largest absolute Gasteiger partial charge is 0.394 e. The maximum absolute atomic E-state index is 13.1. The molecule has 0 aliphatic carbocycles. The van der Waals surface area contributed by atoms with Gasteiger partial charge < -0.3 is 15.3 Å². The molecule has 2 atom stereocenters. The average molecular weight is 383 g/mol. The first-order valence-electron chi connectivity index (χ1n) is 9.01. The van der Waals surface area contributed by atoms with Crippen molar-refractivity contribution in [2.45, 2.75) is 31.8 Å². The summed E-state index contributed by atoms with van der Waals surface area (Å²) < 4.78 is 0.781. The quantitative estimate of drug-likeness (QED) is 0.704. The number of likely N-dealkylation sites (tertiary alicyclic amines) is 1. The molecule has 1 amide bonds. The lowest BCUT2D eigenvalue weighted by Gasteiger charge is -2.23. The fraction of sp³-hybridized carbons (Fsp3) is 0.368. The van der Waals surface area contributed by atoms with E-state index < -0.39 is 0 Å². The number of aliphatic hydroxyl groups excluding tert-OH is 1. The van der Waals surface area contributed by atoms with Gasteiger partial charge in [-0.25, -0.2) is 9.97 Å². The molecule has 3 aromatic rings. The Morgan fingerprint density at radius 2 is 2.33 bits per heavy atom. The number of rotatable bonds is 5. The number of nitrogens with one attached hydrogen (secondary N) is 1. The second-order valence-corrected chi connectivity index (χ2v) is 7.58. The summed E-state index contributed by atoms with van der Waals surface area (Å²) in [7, 11) is 0. The predicted octanol–water partition coefficient (Wildman–Crippen LogP) is 2.86. The third-order valence-corrected chi connectivity index (χ3v) is 5.80. The molecule has 7 nitrogen and oxygen atoms in total. The van der Waals surface area contributed by atoms with Crippen LogP contribution < -0.4 is 5.32 Å². The van der Waals surface area contributed by atoms with E-state index in [2.05, 4.69) is 20.3 Å². The normalized spacial score (nSPS) is 18.0. The molecule has 0 aromatic carbocycles. The van der Waals surface area contributed by atoms with E-state index in [-0.39, 0.29) is 24.6 Å². The third kappa shape index (κ3) is 3.50. The first kappa shape index (κ1) is 17.8. The van der Waals surface area contributed by atoms with Gasteiger partial charge in [-0.05, 0) is 42.8 Å². The van der Waals surface area contributed by atoms with Crippen molar-refractivity contribution < 1.29 is 9.90 Å². The lowest BCUT2D eigenvalue weighted by molar-refractivity contribution is 0.0674. The minimum Gasteiger partial charge on any atom is -0.394 e. The van der Waals surface area contributed by atoms with Crippen LogP contribution in [0.4, 0.5) is 5.95 Å².